The largest absolute Gasteiger partial charge is 0.465 e. The van der Waals surface area contributed by atoms with Crippen LogP contribution in [0.2, 0.25) is 0 Å². The number of rotatable bonds is 4. The van der Waals surface area contributed by atoms with Crippen LogP contribution in [0, 0.1) is 28.6 Å². The average Bonchev–Trinajstić information content (AvgIpc) is 2.37. The molecule has 1 aromatic carbocycles. The molecule has 0 fully saturated rings. The number of nitriles is 2. The van der Waals surface area contributed by atoms with E-state index in [1.807, 2.05) is 18.2 Å². The van der Waals surface area contributed by atoms with Crippen molar-refractivity contribution in [1.29, 1.82) is 10.5 Å². The third-order valence-electron chi connectivity index (χ3n) is 2.31. The normalized spacial score (nSPS) is 12.9. The van der Waals surface area contributed by atoms with E-state index in [-0.39, 0.29) is 6.61 Å². The topological polar surface area (TPSA) is 73.9 Å². The van der Waals surface area contributed by atoms with Crippen molar-refractivity contribution in [3.8, 4) is 12.1 Å². The molecule has 0 amide bonds. The molecule has 1 aromatic rings. The Labute approximate surface area is 100 Å². The van der Waals surface area contributed by atoms with E-state index in [1.54, 1.807) is 31.2 Å². The fourth-order valence-electron chi connectivity index (χ4n) is 1.50. The highest BCUT2D eigenvalue weighted by atomic mass is 16.5. The molecule has 0 aromatic heterocycles. The molecular weight excluding hydrogens is 216 g/mol. The maximum absolute atomic E-state index is 11.6. The van der Waals surface area contributed by atoms with Crippen LogP contribution in [0.5, 0.6) is 0 Å². The highest BCUT2D eigenvalue weighted by Crippen LogP contribution is 2.24. The Morgan fingerprint density at radius 2 is 1.94 bits per heavy atom. The highest BCUT2D eigenvalue weighted by Gasteiger charge is 2.30. The summed E-state index contributed by atoms with van der Waals surface area (Å²) in [6, 6.07) is 12.6. The molecule has 0 N–H and O–H groups in total. The molecule has 17 heavy (non-hydrogen) atoms. The Morgan fingerprint density at radius 3 is 2.41 bits per heavy atom. The maximum atomic E-state index is 11.6. The standard InChI is InChI=1S/C13H12N2O2/c1-2-17-13(16)12(9-15)11(8-14)10-6-4-3-5-7-10/h3-7,11-12H,2H2,1H3. The van der Waals surface area contributed by atoms with Crippen molar-refractivity contribution in [2.24, 2.45) is 5.92 Å². The number of nitrogens with zero attached hydrogens (tertiary/aromatic N) is 2. The van der Waals surface area contributed by atoms with Gasteiger partial charge in [-0.3, -0.25) is 4.79 Å². The van der Waals surface area contributed by atoms with Crippen molar-refractivity contribution in [2.75, 3.05) is 6.61 Å². The number of benzene rings is 1. The van der Waals surface area contributed by atoms with E-state index in [0.29, 0.717) is 5.56 Å². The summed E-state index contributed by atoms with van der Waals surface area (Å²) in [5.41, 5.74) is 0.648. The van der Waals surface area contributed by atoms with Gasteiger partial charge >= 0.3 is 5.97 Å². The van der Waals surface area contributed by atoms with Crippen molar-refractivity contribution in [3.05, 3.63) is 35.9 Å². The first-order chi connectivity index (χ1) is 8.24. The number of esters is 1. The lowest BCUT2D eigenvalue weighted by atomic mass is 9.88. The lowest BCUT2D eigenvalue weighted by molar-refractivity contribution is -0.146. The van der Waals surface area contributed by atoms with E-state index in [9.17, 15) is 4.79 Å². The average molecular weight is 228 g/mol. The van der Waals surface area contributed by atoms with Crippen molar-refractivity contribution < 1.29 is 9.53 Å². The summed E-state index contributed by atoms with van der Waals surface area (Å²) in [4.78, 5) is 11.6. The molecule has 0 aliphatic rings. The number of hydrogen-bond donors (Lipinski definition) is 0. The number of ether oxygens (including phenoxy) is 1. The Balaban J connectivity index is 2.98. The lowest BCUT2D eigenvalue weighted by Crippen LogP contribution is -2.22. The molecule has 0 aliphatic carbocycles. The molecule has 4 nitrogen and oxygen atoms in total. The van der Waals surface area contributed by atoms with Crippen LogP contribution in [0.3, 0.4) is 0 Å². The zero-order chi connectivity index (χ0) is 12.7. The predicted octanol–water partition coefficient (Wildman–Crippen LogP) is 2.00. The fraction of sp³-hybridized carbons (Fsp3) is 0.308. The Morgan fingerprint density at radius 1 is 1.29 bits per heavy atom. The smallest absolute Gasteiger partial charge is 0.325 e. The van der Waals surface area contributed by atoms with Crippen LogP contribution in [-0.2, 0) is 9.53 Å². The van der Waals surface area contributed by atoms with Crippen LogP contribution < -0.4 is 0 Å². The van der Waals surface area contributed by atoms with Gasteiger partial charge in [-0.25, -0.2) is 0 Å². The van der Waals surface area contributed by atoms with Gasteiger partial charge < -0.3 is 4.74 Å². The molecule has 2 atom stereocenters. The summed E-state index contributed by atoms with van der Waals surface area (Å²) in [7, 11) is 0. The van der Waals surface area contributed by atoms with Crippen LogP contribution in [0.15, 0.2) is 30.3 Å². The Bertz CT molecular complexity index is 457. The summed E-state index contributed by atoms with van der Waals surface area (Å²) in [6.07, 6.45) is 0. The van der Waals surface area contributed by atoms with Gasteiger partial charge in [0.2, 0.25) is 0 Å². The fourth-order valence-corrected chi connectivity index (χ4v) is 1.50. The van der Waals surface area contributed by atoms with Crippen LogP contribution in [0.4, 0.5) is 0 Å². The molecule has 2 unspecified atom stereocenters. The van der Waals surface area contributed by atoms with Gasteiger partial charge in [0.25, 0.3) is 0 Å². The third kappa shape index (κ3) is 3.06. The van der Waals surface area contributed by atoms with Gasteiger partial charge in [0, 0.05) is 0 Å². The molecule has 0 aliphatic heterocycles. The van der Waals surface area contributed by atoms with Gasteiger partial charge in [-0.2, -0.15) is 10.5 Å². The maximum Gasteiger partial charge on any atom is 0.325 e. The summed E-state index contributed by atoms with van der Waals surface area (Å²) < 4.78 is 4.79. The highest BCUT2D eigenvalue weighted by molar-refractivity contribution is 5.77. The minimum absolute atomic E-state index is 0.198. The molecule has 0 heterocycles. The van der Waals surface area contributed by atoms with E-state index in [2.05, 4.69) is 0 Å². The summed E-state index contributed by atoms with van der Waals surface area (Å²) in [5, 5.41) is 18.1. The molecule has 0 bridgehead atoms. The van der Waals surface area contributed by atoms with E-state index in [4.69, 9.17) is 15.3 Å². The van der Waals surface area contributed by atoms with E-state index >= 15 is 0 Å². The second-order valence-electron chi connectivity index (χ2n) is 3.38. The van der Waals surface area contributed by atoms with Gasteiger partial charge in [-0.05, 0) is 12.5 Å². The zero-order valence-corrected chi connectivity index (χ0v) is 9.46. The minimum atomic E-state index is -1.08. The molecule has 0 saturated carbocycles. The van der Waals surface area contributed by atoms with Crippen LogP contribution in [0.25, 0.3) is 0 Å². The van der Waals surface area contributed by atoms with Crippen molar-refractivity contribution in [2.45, 2.75) is 12.8 Å². The van der Waals surface area contributed by atoms with E-state index in [0.717, 1.165) is 0 Å². The predicted molar refractivity (Wildman–Crippen MR) is 60.5 cm³/mol. The molecule has 1 rings (SSSR count). The first kappa shape index (κ1) is 12.7. The second kappa shape index (κ2) is 6.30. The van der Waals surface area contributed by atoms with Crippen LogP contribution in [0.1, 0.15) is 18.4 Å². The van der Waals surface area contributed by atoms with Gasteiger partial charge in [0.1, 0.15) is 0 Å². The monoisotopic (exact) mass is 228 g/mol. The minimum Gasteiger partial charge on any atom is -0.465 e. The molecule has 86 valence electrons. The SMILES string of the molecule is CCOC(=O)C(C#N)C(C#N)c1ccccc1. The Hall–Kier alpha value is -2.33. The molecule has 0 saturated heterocycles. The zero-order valence-electron chi connectivity index (χ0n) is 9.46. The second-order valence-corrected chi connectivity index (χ2v) is 3.38. The van der Waals surface area contributed by atoms with Crippen molar-refractivity contribution in [3.63, 3.8) is 0 Å². The number of carbonyl (C=O) groups excluding carboxylic acids is 1. The summed E-state index contributed by atoms with van der Waals surface area (Å²) >= 11 is 0. The third-order valence-corrected chi connectivity index (χ3v) is 2.31. The van der Waals surface area contributed by atoms with Crippen LogP contribution >= 0.6 is 0 Å². The molecule has 0 spiro atoms. The van der Waals surface area contributed by atoms with Crippen molar-refractivity contribution in [1.82, 2.24) is 0 Å². The van der Waals surface area contributed by atoms with Crippen LogP contribution in [-0.4, -0.2) is 12.6 Å². The molecule has 4 heteroatoms. The number of carbonyl (C=O) groups is 1. The summed E-state index contributed by atoms with van der Waals surface area (Å²) in [6.45, 7) is 1.86. The van der Waals surface area contributed by atoms with Gasteiger partial charge in [0.15, 0.2) is 5.92 Å². The molecule has 0 radical (unpaired) electrons. The quantitative estimate of drug-likeness (QED) is 0.738. The lowest BCUT2D eigenvalue weighted by Gasteiger charge is -2.14. The first-order valence-electron chi connectivity index (χ1n) is 5.25. The van der Waals surface area contributed by atoms with E-state index < -0.39 is 17.8 Å². The first-order valence-corrected chi connectivity index (χ1v) is 5.25. The van der Waals surface area contributed by atoms with Gasteiger partial charge in [0.05, 0.1) is 24.7 Å². The van der Waals surface area contributed by atoms with E-state index in [1.165, 1.54) is 0 Å². The van der Waals surface area contributed by atoms with Gasteiger partial charge in [-0.1, -0.05) is 30.3 Å². The molecular formula is C13H12N2O2. The Kier molecular flexibility index (Phi) is 4.72. The summed E-state index contributed by atoms with van der Waals surface area (Å²) in [5.74, 6) is -2.52. The van der Waals surface area contributed by atoms with Crippen molar-refractivity contribution >= 4 is 5.97 Å². The van der Waals surface area contributed by atoms with Gasteiger partial charge in [-0.15, -0.1) is 0 Å². The number of hydrogen-bond acceptors (Lipinski definition) is 4.